The molecule has 232 valence electrons. The maximum absolute atomic E-state index is 12.2. The van der Waals surface area contributed by atoms with Crippen LogP contribution < -0.4 is 9.47 Å². The lowest BCUT2D eigenvalue weighted by atomic mass is 10.0. The molecule has 0 N–H and O–H groups in total. The van der Waals surface area contributed by atoms with Gasteiger partial charge < -0.3 is 18.9 Å². The van der Waals surface area contributed by atoms with Crippen molar-refractivity contribution in [2.24, 2.45) is 0 Å². The Bertz CT molecular complexity index is 1560. The minimum Gasteiger partial charge on any atom is -0.489 e. The zero-order valence-electron chi connectivity index (χ0n) is 25.3. The van der Waals surface area contributed by atoms with Crippen LogP contribution in [0.5, 0.6) is 11.5 Å². The van der Waals surface area contributed by atoms with Crippen LogP contribution in [0.25, 0.3) is 10.9 Å². The number of Topliss-reactive ketones (excluding diaryl/α,β-unsaturated/α-hetero) is 1. The molecule has 1 aromatic heterocycles. The van der Waals surface area contributed by atoms with Crippen LogP contribution >= 0.6 is 23.2 Å². The van der Waals surface area contributed by atoms with Crippen LogP contribution in [0, 0.1) is 0 Å². The van der Waals surface area contributed by atoms with E-state index in [1.807, 2.05) is 48.5 Å². The quantitative estimate of drug-likeness (QED) is 0.167. The van der Waals surface area contributed by atoms with Gasteiger partial charge >= 0.3 is 0 Å². The van der Waals surface area contributed by atoms with Gasteiger partial charge in [0.2, 0.25) is 0 Å². The second-order valence-electron chi connectivity index (χ2n) is 12.1. The first kappa shape index (κ1) is 31.0. The third-order valence-electron chi connectivity index (χ3n) is 8.98. The van der Waals surface area contributed by atoms with Gasteiger partial charge in [-0.15, -0.1) is 0 Å². The molecule has 2 aliphatic heterocycles. The topological polar surface area (TPSA) is 46.9 Å². The van der Waals surface area contributed by atoms with Gasteiger partial charge in [-0.25, -0.2) is 0 Å². The highest BCUT2D eigenvalue weighted by Crippen LogP contribution is 2.33. The highest BCUT2D eigenvalue weighted by Gasteiger charge is 2.30. The molecule has 3 heterocycles. The number of ketones is 1. The molecule has 0 radical (unpaired) electrons. The van der Waals surface area contributed by atoms with Crippen LogP contribution in [-0.2, 0) is 11.2 Å². The van der Waals surface area contributed by atoms with E-state index in [1.54, 1.807) is 6.92 Å². The van der Waals surface area contributed by atoms with Gasteiger partial charge in [0.05, 0.1) is 16.2 Å². The van der Waals surface area contributed by atoms with Gasteiger partial charge in [0.25, 0.3) is 0 Å². The SMILES string of the molecule is CC(=O)Cc1cn(C(CCN2CCC(Oc3ccccc3Cl)CC2)N2CCC(Oc3ccccc3Cl)CC2)c2ccccc12. The number of hydrogen-bond donors (Lipinski definition) is 0. The van der Waals surface area contributed by atoms with Crippen LogP contribution in [0.2, 0.25) is 10.0 Å². The number of nitrogens with zero attached hydrogens (tertiary/aromatic N) is 3. The monoisotopic (exact) mass is 633 g/mol. The molecule has 2 saturated heterocycles. The molecule has 1 unspecified atom stereocenters. The van der Waals surface area contributed by atoms with Crippen LogP contribution in [0.15, 0.2) is 79.0 Å². The normalized spacial score (nSPS) is 18.0. The second kappa shape index (κ2) is 14.4. The first-order chi connectivity index (χ1) is 21.4. The van der Waals surface area contributed by atoms with Crippen LogP contribution in [0.4, 0.5) is 0 Å². The summed E-state index contributed by atoms with van der Waals surface area (Å²) in [5.41, 5.74) is 2.29. The minimum atomic E-state index is 0.138. The molecule has 0 aliphatic carbocycles. The van der Waals surface area contributed by atoms with Crippen molar-refractivity contribution < 1.29 is 14.3 Å². The molecule has 3 aromatic carbocycles. The molecule has 6 nitrogen and oxygen atoms in total. The van der Waals surface area contributed by atoms with Gasteiger partial charge in [0.1, 0.15) is 29.5 Å². The standard InChI is InChI=1S/C36H41Cl2N3O3/c1-26(42)24-27-25-41(33-11-5-2-8-30(27)33)36(40-22-16-29(17-23-40)44-35-13-7-4-10-32(35)38)18-21-39-19-14-28(15-20-39)43-34-12-6-3-9-31(34)37/h2-13,25,28-29,36H,14-24H2,1H3. The average molecular weight is 635 g/mol. The Morgan fingerprint density at radius 2 is 1.34 bits per heavy atom. The molecule has 2 fully saturated rings. The lowest BCUT2D eigenvalue weighted by molar-refractivity contribution is -0.116. The Labute approximate surface area is 270 Å². The van der Waals surface area contributed by atoms with E-state index in [0.717, 1.165) is 81.9 Å². The fourth-order valence-electron chi connectivity index (χ4n) is 6.71. The summed E-state index contributed by atoms with van der Waals surface area (Å²) in [4.78, 5) is 17.3. The first-order valence-corrected chi connectivity index (χ1v) is 16.6. The summed E-state index contributed by atoms with van der Waals surface area (Å²) in [5.74, 6) is 1.72. The predicted octanol–water partition coefficient (Wildman–Crippen LogP) is 8.06. The zero-order valence-corrected chi connectivity index (χ0v) is 26.8. The van der Waals surface area contributed by atoms with Gasteiger partial charge in [0.15, 0.2) is 0 Å². The Kier molecular flexibility index (Phi) is 10.1. The largest absolute Gasteiger partial charge is 0.489 e. The Balaban J connectivity index is 1.15. The molecule has 0 bridgehead atoms. The van der Waals surface area contributed by atoms with E-state index in [1.165, 1.54) is 10.9 Å². The fourth-order valence-corrected chi connectivity index (χ4v) is 7.07. The third kappa shape index (κ3) is 7.43. The van der Waals surface area contributed by atoms with Crippen LogP contribution in [0.3, 0.4) is 0 Å². The van der Waals surface area contributed by atoms with E-state index in [4.69, 9.17) is 32.7 Å². The van der Waals surface area contributed by atoms with Gasteiger partial charge in [-0.1, -0.05) is 65.7 Å². The molecular formula is C36H41Cl2N3O3. The van der Waals surface area contributed by atoms with Gasteiger partial charge in [0, 0.05) is 56.2 Å². The summed E-state index contributed by atoms with van der Waals surface area (Å²) in [5, 5.41) is 2.50. The summed E-state index contributed by atoms with van der Waals surface area (Å²) >= 11 is 12.7. The van der Waals surface area contributed by atoms with Crippen molar-refractivity contribution in [3.8, 4) is 11.5 Å². The number of fused-ring (bicyclic) bond motifs is 1. The van der Waals surface area contributed by atoms with E-state index in [2.05, 4.69) is 44.8 Å². The number of para-hydroxylation sites is 3. The smallest absolute Gasteiger partial charge is 0.138 e. The number of aromatic nitrogens is 1. The fraction of sp³-hybridized carbons (Fsp3) is 0.417. The lowest BCUT2D eigenvalue weighted by Crippen LogP contribution is -2.44. The number of carbonyl (C=O) groups excluding carboxylic acids is 1. The zero-order chi connectivity index (χ0) is 30.5. The van der Waals surface area contributed by atoms with Gasteiger partial charge in [-0.3, -0.25) is 9.69 Å². The van der Waals surface area contributed by atoms with E-state index in [9.17, 15) is 4.79 Å². The number of benzene rings is 3. The summed E-state index contributed by atoms with van der Waals surface area (Å²) in [6, 6.07) is 24.0. The van der Waals surface area contributed by atoms with Crippen molar-refractivity contribution in [1.29, 1.82) is 0 Å². The van der Waals surface area contributed by atoms with Crippen molar-refractivity contribution in [2.75, 3.05) is 32.7 Å². The van der Waals surface area contributed by atoms with Crippen molar-refractivity contribution in [3.63, 3.8) is 0 Å². The average Bonchev–Trinajstić information content (AvgIpc) is 3.38. The Morgan fingerprint density at radius 1 is 0.795 bits per heavy atom. The van der Waals surface area contributed by atoms with E-state index in [-0.39, 0.29) is 24.2 Å². The number of carbonyl (C=O) groups is 1. The van der Waals surface area contributed by atoms with Crippen molar-refractivity contribution in [2.45, 2.75) is 63.8 Å². The third-order valence-corrected chi connectivity index (χ3v) is 9.60. The maximum Gasteiger partial charge on any atom is 0.138 e. The van der Waals surface area contributed by atoms with Crippen LogP contribution in [0.1, 0.15) is 50.8 Å². The first-order valence-electron chi connectivity index (χ1n) is 15.8. The molecule has 2 aliphatic rings. The summed E-state index contributed by atoms with van der Waals surface area (Å²) < 4.78 is 15.0. The number of rotatable bonds is 11. The Hall–Kier alpha value is -3.03. The molecular weight excluding hydrogens is 593 g/mol. The van der Waals surface area contributed by atoms with Crippen molar-refractivity contribution in [3.05, 3.63) is 94.6 Å². The minimum absolute atomic E-state index is 0.138. The predicted molar refractivity (Wildman–Crippen MR) is 178 cm³/mol. The van der Waals surface area contributed by atoms with E-state index >= 15 is 0 Å². The van der Waals surface area contributed by atoms with Crippen LogP contribution in [-0.4, -0.2) is 65.1 Å². The van der Waals surface area contributed by atoms with E-state index < -0.39 is 0 Å². The highest BCUT2D eigenvalue weighted by atomic mass is 35.5. The van der Waals surface area contributed by atoms with Crippen molar-refractivity contribution in [1.82, 2.24) is 14.4 Å². The second-order valence-corrected chi connectivity index (χ2v) is 12.9. The number of likely N-dealkylation sites (tertiary alicyclic amines) is 2. The molecule has 0 saturated carbocycles. The lowest BCUT2D eigenvalue weighted by Gasteiger charge is -2.40. The summed E-state index contributed by atoms with van der Waals surface area (Å²) in [7, 11) is 0. The molecule has 6 rings (SSSR count). The highest BCUT2D eigenvalue weighted by molar-refractivity contribution is 6.32. The molecule has 0 spiro atoms. The molecule has 8 heteroatoms. The van der Waals surface area contributed by atoms with E-state index in [0.29, 0.717) is 16.5 Å². The number of ether oxygens (including phenoxy) is 2. The molecule has 4 aromatic rings. The molecule has 44 heavy (non-hydrogen) atoms. The van der Waals surface area contributed by atoms with Gasteiger partial charge in [-0.2, -0.15) is 0 Å². The summed E-state index contributed by atoms with van der Waals surface area (Å²) in [6.45, 7) is 6.53. The maximum atomic E-state index is 12.2. The number of piperidine rings is 2. The van der Waals surface area contributed by atoms with Gasteiger partial charge in [-0.05, 0) is 74.9 Å². The number of halogens is 2. The molecule has 1 atom stereocenters. The number of hydrogen-bond acceptors (Lipinski definition) is 5. The summed E-state index contributed by atoms with van der Waals surface area (Å²) in [6.07, 6.45) is 8.01. The Morgan fingerprint density at radius 3 is 1.93 bits per heavy atom. The van der Waals surface area contributed by atoms with Crippen molar-refractivity contribution >= 4 is 39.9 Å². The molecule has 0 amide bonds.